The second kappa shape index (κ2) is 6.70. The summed E-state index contributed by atoms with van der Waals surface area (Å²) in [6.45, 7) is 3.15. The molecule has 1 aromatic carbocycles. The van der Waals surface area contributed by atoms with Crippen molar-refractivity contribution < 1.29 is 18.8 Å². The van der Waals surface area contributed by atoms with Crippen molar-refractivity contribution in [3.63, 3.8) is 0 Å². The zero-order valence-electron chi connectivity index (χ0n) is 13.5. The van der Waals surface area contributed by atoms with Crippen LogP contribution >= 0.6 is 0 Å². The average molecular weight is 333 g/mol. The molecule has 1 aliphatic heterocycles. The van der Waals surface area contributed by atoms with Crippen molar-refractivity contribution >= 4 is 11.7 Å². The molecule has 1 aliphatic rings. The zero-order chi connectivity index (χ0) is 17.2. The molecule has 0 atom stereocenters. The lowest BCUT2D eigenvalue weighted by Crippen LogP contribution is -2.45. The quantitative estimate of drug-likeness (QED) is 0.895. The van der Waals surface area contributed by atoms with Gasteiger partial charge < -0.3 is 14.9 Å². The molecular weight excluding hydrogens is 313 g/mol. The molecule has 6 nitrogen and oxygen atoms in total. The summed E-state index contributed by atoms with van der Waals surface area (Å²) in [6.07, 6.45) is 0.990. The number of likely N-dealkylation sites (tertiary alicyclic amines) is 1. The first-order chi connectivity index (χ1) is 11.4. The first-order valence-electron chi connectivity index (χ1n) is 7.89. The van der Waals surface area contributed by atoms with E-state index in [-0.39, 0.29) is 18.3 Å². The Balaban J connectivity index is 1.53. The third-order valence-corrected chi connectivity index (χ3v) is 4.33. The number of benzene rings is 1. The number of anilines is 1. The van der Waals surface area contributed by atoms with Crippen molar-refractivity contribution in [2.24, 2.45) is 0 Å². The molecule has 7 heteroatoms. The smallest absolute Gasteiger partial charge is 0.239 e. The van der Waals surface area contributed by atoms with Crippen LogP contribution in [-0.4, -0.2) is 40.7 Å². The topological polar surface area (TPSA) is 78.6 Å². The highest BCUT2D eigenvalue weighted by Gasteiger charge is 2.34. The van der Waals surface area contributed by atoms with Crippen LogP contribution in [0.2, 0.25) is 0 Å². The largest absolute Gasteiger partial charge is 0.385 e. The lowest BCUT2D eigenvalue weighted by atomic mass is 9.84. The van der Waals surface area contributed by atoms with E-state index in [9.17, 15) is 14.3 Å². The summed E-state index contributed by atoms with van der Waals surface area (Å²) >= 11 is 0. The second-order valence-corrected chi connectivity index (χ2v) is 6.19. The van der Waals surface area contributed by atoms with Gasteiger partial charge in [0, 0.05) is 19.2 Å². The Morgan fingerprint density at radius 2 is 2.04 bits per heavy atom. The number of piperidine rings is 1. The molecule has 2 N–H and O–H groups in total. The monoisotopic (exact) mass is 333 g/mol. The summed E-state index contributed by atoms with van der Waals surface area (Å²) in [6, 6.07) is 7.59. The molecule has 1 saturated heterocycles. The molecule has 0 saturated carbocycles. The van der Waals surface area contributed by atoms with Crippen LogP contribution in [0.25, 0.3) is 0 Å². The molecule has 3 rings (SSSR count). The van der Waals surface area contributed by atoms with Gasteiger partial charge >= 0.3 is 0 Å². The molecule has 2 aromatic rings. The van der Waals surface area contributed by atoms with Gasteiger partial charge in [-0.2, -0.15) is 0 Å². The fraction of sp³-hybridized carbons (Fsp3) is 0.412. The van der Waals surface area contributed by atoms with E-state index in [1.807, 2.05) is 4.90 Å². The number of aryl methyl sites for hydroxylation is 1. The minimum Gasteiger partial charge on any atom is -0.385 e. The number of hydrogen-bond donors (Lipinski definition) is 2. The standard InChI is InChI=1S/C17H20FN3O3/c1-12-10-15(20-24-12)19-16(22)11-21-8-6-17(23,7-9-21)13-2-4-14(18)5-3-13/h2-5,10,23H,6-9,11H2,1H3,(H,19,20,22). The van der Waals surface area contributed by atoms with E-state index in [4.69, 9.17) is 4.52 Å². The number of hydrogen-bond acceptors (Lipinski definition) is 5. The highest BCUT2D eigenvalue weighted by atomic mass is 19.1. The molecule has 1 amide bonds. The molecule has 0 bridgehead atoms. The highest BCUT2D eigenvalue weighted by molar-refractivity contribution is 5.91. The van der Waals surface area contributed by atoms with E-state index in [0.29, 0.717) is 43.1 Å². The Hall–Kier alpha value is -2.25. The van der Waals surface area contributed by atoms with Gasteiger partial charge in [-0.05, 0) is 37.5 Å². The van der Waals surface area contributed by atoms with E-state index >= 15 is 0 Å². The molecule has 128 valence electrons. The summed E-state index contributed by atoms with van der Waals surface area (Å²) < 4.78 is 17.9. The van der Waals surface area contributed by atoms with Gasteiger partial charge in [0.15, 0.2) is 5.82 Å². The molecule has 0 aliphatic carbocycles. The number of nitrogens with zero attached hydrogens (tertiary/aromatic N) is 2. The fourth-order valence-corrected chi connectivity index (χ4v) is 2.94. The van der Waals surface area contributed by atoms with Gasteiger partial charge in [-0.25, -0.2) is 4.39 Å². The summed E-state index contributed by atoms with van der Waals surface area (Å²) in [7, 11) is 0. The number of amides is 1. The van der Waals surface area contributed by atoms with E-state index in [1.54, 1.807) is 25.1 Å². The zero-order valence-corrected chi connectivity index (χ0v) is 13.5. The summed E-state index contributed by atoms with van der Waals surface area (Å²) in [5, 5.41) is 17.2. The molecule has 0 unspecified atom stereocenters. The average Bonchev–Trinajstić information content (AvgIpc) is 2.95. The number of rotatable bonds is 4. The van der Waals surface area contributed by atoms with Crippen LogP contribution in [0.4, 0.5) is 10.2 Å². The van der Waals surface area contributed by atoms with Gasteiger partial charge in [0.1, 0.15) is 11.6 Å². The predicted molar refractivity (Wildman–Crippen MR) is 85.8 cm³/mol. The third-order valence-electron chi connectivity index (χ3n) is 4.33. The van der Waals surface area contributed by atoms with Crippen molar-refractivity contribution in [1.29, 1.82) is 0 Å². The Morgan fingerprint density at radius 3 is 2.62 bits per heavy atom. The maximum absolute atomic E-state index is 13.0. The van der Waals surface area contributed by atoms with Crippen LogP contribution in [0.1, 0.15) is 24.2 Å². The summed E-state index contributed by atoms with van der Waals surface area (Å²) in [5.41, 5.74) is -0.254. The van der Waals surface area contributed by atoms with Crippen LogP contribution < -0.4 is 5.32 Å². The number of carbonyl (C=O) groups excluding carboxylic acids is 1. The molecular formula is C17H20FN3O3. The molecule has 1 aromatic heterocycles. The van der Waals surface area contributed by atoms with Gasteiger partial charge in [-0.15, -0.1) is 0 Å². The lowest BCUT2D eigenvalue weighted by Gasteiger charge is -2.38. The summed E-state index contributed by atoms with van der Waals surface area (Å²) in [4.78, 5) is 14.0. The first kappa shape index (κ1) is 16.6. The van der Waals surface area contributed by atoms with E-state index in [1.165, 1.54) is 12.1 Å². The van der Waals surface area contributed by atoms with Crippen molar-refractivity contribution in [2.75, 3.05) is 25.0 Å². The van der Waals surface area contributed by atoms with E-state index in [0.717, 1.165) is 0 Å². The Kier molecular flexibility index (Phi) is 4.64. The number of carbonyl (C=O) groups is 1. The molecule has 1 fully saturated rings. The predicted octanol–water partition coefficient (Wildman–Crippen LogP) is 2.04. The summed E-state index contributed by atoms with van der Waals surface area (Å²) in [5.74, 6) is 0.542. The second-order valence-electron chi connectivity index (χ2n) is 6.19. The molecule has 0 radical (unpaired) electrons. The normalized spacial score (nSPS) is 17.6. The minimum atomic E-state index is -0.968. The van der Waals surface area contributed by atoms with Crippen LogP contribution in [0.3, 0.4) is 0 Å². The van der Waals surface area contributed by atoms with Crippen LogP contribution in [0.5, 0.6) is 0 Å². The first-order valence-corrected chi connectivity index (χ1v) is 7.89. The highest BCUT2D eigenvalue weighted by Crippen LogP contribution is 2.32. The number of aromatic nitrogens is 1. The van der Waals surface area contributed by atoms with Gasteiger partial charge in [0.25, 0.3) is 0 Å². The lowest BCUT2D eigenvalue weighted by molar-refractivity contribution is -0.118. The van der Waals surface area contributed by atoms with Gasteiger partial charge in [0.2, 0.25) is 5.91 Å². The Morgan fingerprint density at radius 1 is 1.38 bits per heavy atom. The number of halogens is 1. The van der Waals surface area contributed by atoms with E-state index < -0.39 is 5.60 Å². The van der Waals surface area contributed by atoms with Gasteiger partial charge in [-0.1, -0.05) is 17.3 Å². The van der Waals surface area contributed by atoms with Crippen LogP contribution in [0, 0.1) is 12.7 Å². The van der Waals surface area contributed by atoms with Gasteiger partial charge in [-0.3, -0.25) is 9.69 Å². The molecule has 2 heterocycles. The fourth-order valence-electron chi connectivity index (χ4n) is 2.94. The maximum atomic E-state index is 13.0. The van der Waals surface area contributed by atoms with Crippen molar-refractivity contribution in [2.45, 2.75) is 25.4 Å². The number of nitrogens with one attached hydrogen (secondary N) is 1. The van der Waals surface area contributed by atoms with E-state index in [2.05, 4.69) is 10.5 Å². The van der Waals surface area contributed by atoms with Gasteiger partial charge in [0.05, 0.1) is 12.1 Å². The maximum Gasteiger partial charge on any atom is 0.239 e. The van der Waals surface area contributed by atoms with Crippen molar-refractivity contribution in [1.82, 2.24) is 10.1 Å². The van der Waals surface area contributed by atoms with Crippen molar-refractivity contribution in [3.8, 4) is 0 Å². The van der Waals surface area contributed by atoms with Crippen LogP contribution in [-0.2, 0) is 10.4 Å². The van der Waals surface area contributed by atoms with Crippen LogP contribution in [0.15, 0.2) is 34.9 Å². The minimum absolute atomic E-state index is 0.171. The van der Waals surface area contributed by atoms with Crippen molar-refractivity contribution in [3.05, 3.63) is 47.5 Å². The SMILES string of the molecule is Cc1cc(NC(=O)CN2CCC(O)(c3ccc(F)cc3)CC2)no1. The Labute approximate surface area is 139 Å². The third kappa shape index (κ3) is 3.80. The Bertz CT molecular complexity index is 706. The number of aliphatic hydroxyl groups is 1. The molecule has 0 spiro atoms. The molecule has 24 heavy (non-hydrogen) atoms.